The Labute approximate surface area is 122 Å². The molecule has 6 heteroatoms. The lowest BCUT2D eigenvalue weighted by atomic mass is 10.1. The van der Waals surface area contributed by atoms with Crippen LogP contribution in [0, 0.1) is 6.92 Å². The van der Waals surface area contributed by atoms with Gasteiger partial charge in [-0.15, -0.1) is 0 Å². The molecule has 0 aliphatic heterocycles. The zero-order valence-electron chi connectivity index (χ0n) is 12.2. The second-order valence-corrected chi connectivity index (χ2v) is 5.42. The minimum absolute atomic E-state index is 0.247. The Kier molecular flexibility index (Phi) is 3.37. The highest BCUT2D eigenvalue weighted by molar-refractivity contribution is 5.93. The monoisotopic (exact) mass is 286 g/mol. The third kappa shape index (κ3) is 2.61. The molecular weight excluding hydrogens is 268 g/mol. The number of pyridine rings is 1. The van der Waals surface area contributed by atoms with Gasteiger partial charge in [0.2, 0.25) is 0 Å². The predicted octanol–water partition coefficient (Wildman–Crippen LogP) is 1.92. The first-order chi connectivity index (χ1) is 10.0. The molecule has 110 valence electrons. The molecule has 2 N–H and O–H groups in total. The molecule has 3 rings (SSSR count). The van der Waals surface area contributed by atoms with Gasteiger partial charge >= 0.3 is 5.97 Å². The van der Waals surface area contributed by atoms with Crippen LogP contribution in [0.5, 0.6) is 0 Å². The van der Waals surface area contributed by atoms with Crippen LogP contribution in [-0.2, 0) is 26.4 Å². The number of nitrogens with zero attached hydrogens (tertiary/aromatic N) is 3. The van der Waals surface area contributed by atoms with Crippen LogP contribution < -0.4 is 5.32 Å². The number of hydrogen-bond donors (Lipinski definition) is 2. The number of carboxylic acids is 1. The van der Waals surface area contributed by atoms with Gasteiger partial charge in [0.15, 0.2) is 0 Å². The molecule has 0 saturated heterocycles. The molecule has 0 spiro atoms. The Bertz CT molecular complexity index is 706. The summed E-state index contributed by atoms with van der Waals surface area (Å²) in [5.74, 6) is -0.492. The fourth-order valence-electron chi connectivity index (χ4n) is 2.77. The van der Waals surface area contributed by atoms with Crippen molar-refractivity contribution in [2.24, 2.45) is 7.05 Å². The lowest BCUT2D eigenvalue weighted by Crippen LogP contribution is -2.10. The van der Waals surface area contributed by atoms with Crippen molar-refractivity contribution in [2.45, 2.75) is 32.7 Å². The van der Waals surface area contributed by atoms with E-state index in [1.807, 2.05) is 20.2 Å². The van der Waals surface area contributed by atoms with Gasteiger partial charge in [0.25, 0.3) is 0 Å². The van der Waals surface area contributed by atoms with Crippen molar-refractivity contribution >= 4 is 11.8 Å². The molecule has 0 radical (unpaired) electrons. The van der Waals surface area contributed by atoms with Gasteiger partial charge in [0, 0.05) is 31.0 Å². The van der Waals surface area contributed by atoms with Gasteiger partial charge in [-0.3, -0.25) is 4.68 Å². The third-order valence-corrected chi connectivity index (χ3v) is 3.84. The molecule has 2 heterocycles. The van der Waals surface area contributed by atoms with E-state index < -0.39 is 5.97 Å². The van der Waals surface area contributed by atoms with Crippen molar-refractivity contribution in [3.63, 3.8) is 0 Å². The summed E-state index contributed by atoms with van der Waals surface area (Å²) in [6.07, 6.45) is 4.82. The summed E-state index contributed by atoms with van der Waals surface area (Å²) in [5, 5.41) is 16.8. The molecule has 0 aromatic carbocycles. The van der Waals surface area contributed by atoms with E-state index in [0.717, 1.165) is 41.8 Å². The molecule has 0 saturated carbocycles. The number of aromatic nitrogens is 3. The highest BCUT2D eigenvalue weighted by Gasteiger charge is 2.20. The number of nitrogens with one attached hydrogen (secondary N) is 1. The fraction of sp³-hybridized carbons (Fsp3) is 0.400. The molecule has 2 aromatic rings. The SMILES string of the molecule is Cc1nn(C)cc1CNc1nc2c(cc1C(=O)O)CCC2. The first-order valence-electron chi connectivity index (χ1n) is 7.03. The number of aryl methyl sites for hydroxylation is 4. The van der Waals surface area contributed by atoms with Gasteiger partial charge in [0.05, 0.1) is 5.69 Å². The molecule has 1 aliphatic carbocycles. The van der Waals surface area contributed by atoms with E-state index in [2.05, 4.69) is 15.4 Å². The Morgan fingerprint density at radius 3 is 2.95 bits per heavy atom. The second-order valence-electron chi connectivity index (χ2n) is 5.42. The van der Waals surface area contributed by atoms with Gasteiger partial charge in [-0.05, 0) is 37.8 Å². The molecule has 21 heavy (non-hydrogen) atoms. The molecule has 6 nitrogen and oxygen atoms in total. The predicted molar refractivity (Wildman–Crippen MR) is 78.5 cm³/mol. The molecule has 1 aliphatic rings. The maximum atomic E-state index is 11.4. The van der Waals surface area contributed by atoms with Crippen LogP contribution in [0.3, 0.4) is 0 Å². The quantitative estimate of drug-likeness (QED) is 0.897. The van der Waals surface area contributed by atoms with Crippen LogP contribution in [-0.4, -0.2) is 25.8 Å². The zero-order chi connectivity index (χ0) is 15.0. The van der Waals surface area contributed by atoms with Gasteiger partial charge in [-0.1, -0.05) is 0 Å². The smallest absolute Gasteiger partial charge is 0.339 e. The topological polar surface area (TPSA) is 80.0 Å². The lowest BCUT2D eigenvalue weighted by molar-refractivity contribution is 0.0697. The van der Waals surface area contributed by atoms with E-state index in [4.69, 9.17) is 0 Å². The van der Waals surface area contributed by atoms with Crippen molar-refractivity contribution in [2.75, 3.05) is 5.32 Å². The summed E-state index contributed by atoms with van der Waals surface area (Å²) >= 11 is 0. The highest BCUT2D eigenvalue weighted by Crippen LogP contribution is 2.25. The largest absolute Gasteiger partial charge is 0.478 e. The van der Waals surface area contributed by atoms with Crippen LogP contribution in [0.4, 0.5) is 5.82 Å². The van der Waals surface area contributed by atoms with E-state index in [1.165, 1.54) is 0 Å². The average Bonchev–Trinajstić information content (AvgIpc) is 3.00. The van der Waals surface area contributed by atoms with Crippen LogP contribution in [0.25, 0.3) is 0 Å². The van der Waals surface area contributed by atoms with Crippen LogP contribution >= 0.6 is 0 Å². The van der Waals surface area contributed by atoms with E-state index in [9.17, 15) is 9.90 Å². The first kappa shape index (κ1) is 13.6. The number of carboxylic acid groups (broad SMARTS) is 1. The van der Waals surface area contributed by atoms with Crippen molar-refractivity contribution in [3.8, 4) is 0 Å². The standard InChI is InChI=1S/C15H18N4O2/c1-9-11(8-19(2)18-9)7-16-14-12(15(20)21)6-10-4-3-5-13(10)17-14/h6,8H,3-5,7H2,1-2H3,(H,16,17)(H,20,21). The molecule has 0 amide bonds. The average molecular weight is 286 g/mol. The van der Waals surface area contributed by atoms with E-state index >= 15 is 0 Å². The molecular formula is C15H18N4O2. The van der Waals surface area contributed by atoms with Gasteiger partial charge in [-0.2, -0.15) is 5.10 Å². The second kappa shape index (κ2) is 5.20. The highest BCUT2D eigenvalue weighted by atomic mass is 16.4. The van der Waals surface area contributed by atoms with Crippen molar-refractivity contribution < 1.29 is 9.90 Å². The Balaban J connectivity index is 1.87. The third-order valence-electron chi connectivity index (χ3n) is 3.84. The lowest BCUT2D eigenvalue weighted by Gasteiger charge is -2.10. The molecule has 0 bridgehead atoms. The van der Waals surface area contributed by atoms with Crippen molar-refractivity contribution in [1.82, 2.24) is 14.8 Å². The molecule has 0 fully saturated rings. The van der Waals surface area contributed by atoms with E-state index in [-0.39, 0.29) is 5.56 Å². The number of carbonyl (C=O) groups is 1. The number of aromatic carboxylic acids is 1. The minimum atomic E-state index is -0.942. The Morgan fingerprint density at radius 1 is 1.48 bits per heavy atom. The van der Waals surface area contributed by atoms with E-state index in [1.54, 1.807) is 10.7 Å². The summed E-state index contributed by atoms with van der Waals surface area (Å²) in [6.45, 7) is 2.46. The van der Waals surface area contributed by atoms with E-state index in [0.29, 0.717) is 12.4 Å². The molecule has 0 unspecified atom stereocenters. The first-order valence-corrected chi connectivity index (χ1v) is 7.03. The maximum absolute atomic E-state index is 11.4. The Hall–Kier alpha value is -2.37. The van der Waals surface area contributed by atoms with Crippen LogP contribution in [0.1, 0.15) is 39.3 Å². The summed E-state index contributed by atoms with van der Waals surface area (Å²) in [6, 6.07) is 1.76. The maximum Gasteiger partial charge on any atom is 0.339 e. The summed E-state index contributed by atoms with van der Waals surface area (Å²) < 4.78 is 1.75. The summed E-state index contributed by atoms with van der Waals surface area (Å²) in [7, 11) is 1.87. The van der Waals surface area contributed by atoms with Gasteiger partial charge in [0.1, 0.15) is 11.4 Å². The van der Waals surface area contributed by atoms with Crippen LogP contribution in [0.15, 0.2) is 12.3 Å². The van der Waals surface area contributed by atoms with Gasteiger partial charge < -0.3 is 10.4 Å². The summed E-state index contributed by atoms with van der Waals surface area (Å²) in [4.78, 5) is 15.9. The molecule has 0 atom stereocenters. The van der Waals surface area contributed by atoms with Crippen LogP contribution in [0.2, 0.25) is 0 Å². The Morgan fingerprint density at radius 2 is 2.29 bits per heavy atom. The normalized spacial score (nSPS) is 13.2. The minimum Gasteiger partial charge on any atom is -0.478 e. The fourth-order valence-corrected chi connectivity index (χ4v) is 2.77. The van der Waals surface area contributed by atoms with Crippen molar-refractivity contribution in [1.29, 1.82) is 0 Å². The number of rotatable bonds is 4. The van der Waals surface area contributed by atoms with Crippen molar-refractivity contribution in [3.05, 3.63) is 40.3 Å². The zero-order valence-corrected chi connectivity index (χ0v) is 12.2. The van der Waals surface area contributed by atoms with Gasteiger partial charge in [-0.25, -0.2) is 9.78 Å². The summed E-state index contributed by atoms with van der Waals surface area (Å²) in [5.41, 5.74) is 4.30. The number of anilines is 1. The number of fused-ring (bicyclic) bond motifs is 1. The number of hydrogen-bond acceptors (Lipinski definition) is 4. The molecule has 2 aromatic heterocycles.